The zero-order valence-corrected chi connectivity index (χ0v) is 12.6. The van der Waals surface area contributed by atoms with E-state index in [-0.39, 0.29) is 0 Å². The molecule has 3 rings (SSSR count). The number of para-hydroxylation sites is 2. The third-order valence-electron chi connectivity index (χ3n) is 3.02. The molecule has 0 N–H and O–H groups in total. The summed E-state index contributed by atoms with van der Waals surface area (Å²) in [5, 5.41) is 0.442. The van der Waals surface area contributed by atoms with Gasteiger partial charge in [-0.05, 0) is 35.9 Å². The maximum atomic E-state index is 6.32. The van der Waals surface area contributed by atoms with Crippen LogP contribution >= 0.6 is 11.6 Å². The molecular formula is C18H14ClNO2. The van der Waals surface area contributed by atoms with Crippen molar-refractivity contribution in [2.75, 3.05) is 6.61 Å². The number of ether oxygens (including phenoxy) is 1. The quantitative estimate of drug-likeness (QED) is 0.613. The van der Waals surface area contributed by atoms with E-state index in [1.807, 2.05) is 48.5 Å². The molecule has 3 nitrogen and oxygen atoms in total. The van der Waals surface area contributed by atoms with E-state index in [1.165, 1.54) is 0 Å². The Kier molecular flexibility index (Phi) is 4.26. The number of hydrogen-bond acceptors (Lipinski definition) is 3. The molecule has 1 heterocycles. The van der Waals surface area contributed by atoms with Gasteiger partial charge in [0.25, 0.3) is 0 Å². The van der Waals surface area contributed by atoms with E-state index in [2.05, 4.69) is 11.6 Å². The summed E-state index contributed by atoms with van der Waals surface area (Å²) in [4.78, 5) is 4.37. The summed E-state index contributed by atoms with van der Waals surface area (Å²) >= 11 is 6.32. The molecule has 3 aromatic rings. The zero-order chi connectivity index (χ0) is 15.4. The normalized spacial score (nSPS) is 11.6. The number of fused-ring (bicyclic) bond motifs is 1. The lowest BCUT2D eigenvalue weighted by atomic mass is 10.2. The Morgan fingerprint density at radius 3 is 2.91 bits per heavy atom. The van der Waals surface area contributed by atoms with Gasteiger partial charge in [0.15, 0.2) is 5.58 Å². The van der Waals surface area contributed by atoms with Crippen molar-refractivity contribution in [3.05, 3.63) is 72.6 Å². The Balaban J connectivity index is 1.88. The van der Waals surface area contributed by atoms with Gasteiger partial charge < -0.3 is 9.15 Å². The van der Waals surface area contributed by atoms with E-state index in [4.69, 9.17) is 20.8 Å². The van der Waals surface area contributed by atoms with Crippen molar-refractivity contribution in [3.63, 3.8) is 0 Å². The van der Waals surface area contributed by atoms with Crippen LogP contribution in [0.3, 0.4) is 0 Å². The lowest BCUT2D eigenvalue weighted by molar-refractivity contribution is 0.363. The first-order valence-corrected chi connectivity index (χ1v) is 7.21. The minimum atomic E-state index is 0.403. The van der Waals surface area contributed by atoms with Crippen molar-refractivity contribution >= 4 is 33.8 Å². The monoisotopic (exact) mass is 311 g/mol. The molecule has 0 saturated carbocycles. The molecule has 0 aliphatic carbocycles. The number of oxazole rings is 1. The minimum Gasteiger partial charge on any atom is -0.490 e. The summed E-state index contributed by atoms with van der Waals surface area (Å²) in [6.07, 6.45) is 3.50. The van der Waals surface area contributed by atoms with Crippen LogP contribution in [0.15, 0.2) is 65.6 Å². The highest BCUT2D eigenvalue weighted by Crippen LogP contribution is 2.26. The third kappa shape index (κ3) is 3.21. The first-order valence-electron chi connectivity index (χ1n) is 6.83. The van der Waals surface area contributed by atoms with E-state index in [1.54, 1.807) is 12.2 Å². The molecule has 2 aromatic carbocycles. The molecule has 0 atom stereocenters. The first kappa shape index (κ1) is 14.4. The van der Waals surface area contributed by atoms with Crippen molar-refractivity contribution in [1.82, 2.24) is 4.98 Å². The Labute approximate surface area is 133 Å². The predicted molar refractivity (Wildman–Crippen MR) is 89.9 cm³/mol. The molecule has 0 fully saturated rings. The standard InChI is InChI=1S/C18H14ClNO2/c1-2-10-21-14-7-5-6-13(11-14)12-15(19)18-20-16-8-3-4-9-17(16)22-18/h2-9,11-12H,1,10H2/b15-12-. The number of hydrogen-bond donors (Lipinski definition) is 0. The molecule has 0 unspecified atom stereocenters. The highest BCUT2D eigenvalue weighted by molar-refractivity contribution is 6.50. The summed E-state index contributed by atoms with van der Waals surface area (Å²) in [6.45, 7) is 4.09. The molecule has 0 amide bonds. The summed E-state index contributed by atoms with van der Waals surface area (Å²) in [5.74, 6) is 1.16. The fourth-order valence-corrected chi connectivity index (χ4v) is 2.24. The maximum absolute atomic E-state index is 6.32. The second-order valence-corrected chi connectivity index (χ2v) is 5.06. The van der Waals surface area contributed by atoms with E-state index >= 15 is 0 Å². The van der Waals surface area contributed by atoms with Crippen LogP contribution in [-0.4, -0.2) is 11.6 Å². The molecule has 0 saturated heterocycles. The Hall–Kier alpha value is -2.52. The van der Waals surface area contributed by atoms with Crippen LogP contribution in [0.5, 0.6) is 5.75 Å². The van der Waals surface area contributed by atoms with E-state index in [0.29, 0.717) is 23.1 Å². The molecule has 0 aliphatic rings. The van der Waals surface area contributed by atoms with Gasteiger partial charge >= 0.3 is 0 Å². The van der Waals surface area contributed by atoms with Crippen LogP contribution in [0, 0.1) is 0 Å². The van der Waals surface area contributed by atoms with Gasteiger partial charge in [-0.25, -0.2) is 4.98 Å². The topological polar surface area (TPSA) is 35.3 Å². The molecule has 4 heteroatoms. The first-order chi connectivity index (χ1) is 10.8. The van der Waals surface area contributed by atoms with Gasteiger partial charge in [0.1, 0.15) is 22.9 Å². The number of benzene rings is 2. The van der Waals surface area contributed by atoms with Crippen LogP contribution < -0.4 is 4.74 Å². The largest absolute Gasteiger partial charge is 0.490 e. The summed E-state index contributed by atoms with van der Waals surface area (Å²) < 4.78 is 11.1. The smallest absolute Gasteiger partial charge is 0.238 e. The van der Waals surface area contributed by atoms with Gasteiger partial charge in [-0.3, -0.25) is 0 Å². The second kappa shape index (κ2) is 6.50. The number of rotatable bonds is 5. The van der Waals surface area contributed by atoms with Gasteiger partial charge in [-0.2, -0.15) is 0 Å². The third-order valence-corrected chi connectivity index (χ3v) is 3.29. The molecule has 0 bridgehead atoms. The molecule has 22 heavy (non-hydrogen) atoms. The molecule has 1 aromatic heterocycles. The summed E-state index contributed by atoms with van der Waals surface area (Å²) in [7, 11) is 0. The van der Waals surface area contributed by atoms with Crippen molar-refractivity contribution in [2.24, 2.45) is 0 Å². The van der Waals surface area contributed by atoms with E-state index < -0.39 is 0 Å². The lowest BCUT2D eigenvalue weighted by Gasteiger charge is -2.03. The van der Waals surface area contributed by atoms with Gasteiger partial charge in [0.05, 0.1) is 0 Å². The number of nitrogens with zero attached hydrogens (tertiary/aromatic N) is 1. The van der Waals surface area contributed by atoms with E-state index in [0.717, 1.165) is 16.8 Å². The lowest BCUT2D eigenvalue weighted by Crippen LogP contribution is -1.92. The summed E-state index contributed by atoms with van der Waals surface area (Å²) in [6, 6.07) is 15.2. The van der Waals surface area contributed by atoms with Gasteiger partial charge in [-0.1, -0.05) is 48.5 Å². The SMILES string of the molecule is C=CCOc1cccc(/C=C(\Cl)c2nc3ccccc3o2)c1. The maximum Gasteiger partial charge on any atom is 0.238 e. The van der Waals surface area contributed by atoms with Crippen molar-refractivity contribution in [3.8, 4) is 5.75 Å². The number of aromatic nitrogens is 1. The van der Waals surface area contributed by atoms with Crippen molar-refractivity contribution < 1.29 is 9.15 Å². The van der Waals surface area contributed by atoms with Crippen LogP contribution in [-0.2, 0) is 0 Å². The van der Waals surface area contributed by atoms with E-state index in [9.17, 15) is 0 Å². The molecular weight excluding hydrogens is 298 g/mol. The van der Waals surface area contributed by atoms with Crippen LogP contribution in [0.1, 0.15) is 11.5 Å². The molecule has 0 spiro atoms. The Morgan fingerprint density at radius 1 is 1.23 bits per heavy atom. The highest BCUT2D eigenvalue weighted by Gasteiger charge is 2.08. The average Bonchev–Trinajstić information content (AvgIpc) is 2.97. The Bertz CT molecular complexity index is 803. The second-order valence-electron chi connectivity index (χ2n) is 4.65. The van der Waals surface area contributed by atoms with Crippen molar-refractivity contribution in [1.29, 1.82) is 0 Å². The predicted octanol–water partition coefficient (Wildman–Crippen LogP) is 5.13. The minimum absolute atomic E-state index is 0.403. The van der Waals surface area contributed by atoms with Crippen LogP contribution in [0.4, 0.5) is 0 Å². The molecule has 0 aliphatic heterocycles. The highest BCUT2D eigenvalue weighted by atomic mass is 35.5. The average molecular weight is 312 g/mol. The van der Waals surface area contributed by atoms with Gasteiger partial charge in [0, 0.05) is 0 Å². The van der Waals surface area contributed by atoms with Crippen LogP contribution in [0.25, 0.3) is 22.2 Å². The number of halogens is 1. The molecule has 0 radical (unpaired) electrons. The van der Waals surface area contributed by atoms with Gasteiger partial charge in [0.2, 0.25) is 5.89 Å². The fourth-order valence-electron chi connectivity index (χ4n) is 2.03. The van der Waals surface area contributed by atoms with Crippen molar-refractivity contribution in [2.45, 2.75) is 0 Å². The molecule has 110 valence electrons. The fraction of sp³-hybridized carbons (Fsp3) is 0.0556. The van der Waals surface area contributed by atoms with Gasteiger partial charge in [-0.15, -0.1) is 0 Å². The zero-order valence-electron chi connectivity index (χ0n) is 11.8. The summed E-state index contributed by atoms with van der Waals surface area (Å²) in [5.41, 5.74) is 2.41. The van der Waals surface area contributed by atoms with Crippen LogP contribution in [0.2, 0.25) is 0 Å². The Morgan fingerprint density at radius 2 is 2.09 bits per heavy atom.